The van der Waals surface area contributed by atoms with Gasteiger partial charge in [0.2, 0.25) is 5.91 Å². The van der Waals surface area contributed by atoms with Crippen molar-refractivity contribution >= 4 is 57.1 Å². The normalized spacial score (nSPS) is 15.6. The van der Waals surface area contributed by atoms with Crippen molar-refractivity contribution in [2.75, 3.05) is 18.8 Å². The zero-order valence-electron chi connectivity index (χ0n) is 21.7. The summed E-state index contributed by atoms with van der Waals surface area (Å²) in [5, 5.41) is 9.24. The Kier molecular flexibility index (Phi) is 8.66. The molecule has 1 aliphatic heterocycles. The van der Waals surface area contributed by atoms with Crippen molar-refractivity contribution in [3.8, 4) is 0 Å². The van der Waals surface area contributed by atoms with Crippen LogP contribution in [0.1, 0.15) is 35.9 Å². The Labute approximate surface area is 236 Å². The van der Waals surface area contributed by atoms with Gasteiger partial charge in [-0.15, -0.1) is 0 Å². The molecule has 0 radical (unpaired) electrons. The number of carboxylic acid groups (broad SMARTS) is 1. The van der Waals surface area contributed by atoms with Gasteiger partial charge < -0.3 is 25.1 Å². The number of carbonyl (C=O) groups is 3. The number of aromatic nitrogens is 2. The maximum atomic E-state index is 13.4. The van der Waals surface area contributed by atoms with E-state index in [2.05, 4.69) is 9.97 Å². The van der Waals surface area contributed by atoms with E-state index in [1.165, 1.54) is 6.33 Å². The predicted octanol–water partition coefficient (Wildman–Crippen LogP) is 4.90. The van der Waals surface area contributed by atoms with Crippen molar-refractivity contribution < 1.29 is 37.1 Å². The van der Waals surface area contributed by atoms with Gasteiger partial charge in [-0.1, -0.05) is 31.0 Å². The lowest BCUT2D eigenvalue weighted by Gasteiger charge is -2.40. The zero-order chi connectivity index (χ0) is 29.9. The van der Waals surface area contributed by atoms with Gasteiger partial charge in [-0.05, 0) is 42.3 Å². The van der Waals surface area contributed by atoms with Crippen LogP contribution in [-0.2, 0) is 16.1 Å². The largest absolute Gasteiger partial charge is 0.490 e. The molecule has 5 rings (SSSR count). The molecule has 0 bridgehead atoms. The molecule has 2 aromatic carbocycles. The van der Waals surface area contributed by atoms with Gasteiger partial charge in [-0.2, -0.15) is 13.2 Å². The first-order chi connectivity index (χ1) is 19.4. The number of nitrogen functional groups attached to an aromatic ring is 1. The Bertz CT molecular complexity index is 1610. The monoisotopic (exact) mass is 591 g/mol. The lowest BCUT2D eigenvalue weighted by atomic mass is 10.0. The fraction of sp³-hybridized carbons (Fsp3) is 0.296. The third-order valence-corrected chi connectivity index (χ3v) is 6.68. The summed E-state index contributed by atoms with van der Waals surface area (Å²) in [7, 11) is 0. The first-order valence-corrected chi connectivity index (χ1v) is 12.8. The SMILES string of the molecule is CCC[C@H]1C(=O)N(Cc2ccc3c(N)ncnc3c2)CCN1C(=O)c1cc2ccc(Cl)cc2o1.O=C(O)C(F)(F)F. The van der Waals surface area contributed by atoms with Gasteiger partial charge >= 0.3 is 12.1 Å². The van der Waals surface area contributed by atoms with E-state index < -0.39 is 18.2 Å². The van der Waals surface area contributed by atoms with Crippen molar-refractivity contribution in [3.05, 3.63) is 65.1 Å². The molecule has 14 heteroatoms. The van der Waals surface area contributed by atoms with E-state index in [4.69, 9.17) is 31.7 Å². The summed E-state index contributed by atoms with van der Waals surface area (Å²) < 4.78 is 37.5. The van der Waals surface area contributed by atoms with E-state index in [9.17, 15) is 22.8 Å². The number of nitrogens with two attached hydrogens (primary N) is 1. The maximum absolute atomic E-state index is 13.4. The molecule has 0 unspecified atom stereocenters. The number of fused-ring (bicyclic) bond motifs is 2. The van der Waals surface area contributed by atoms with Crippen LogP contribution < -0.4 is 5.73 Å². The van der Waals surface area contributed by atoms with Crippen molar-refractivity contribution in [1.29, 1.82) is 0 Å². The third kappa shape index (κ3) is 6.68. The summed E-state index contributed by atoms with van der Waals surface area (Å²) in [6.07, 6.45) is -2.30. The molecule has 0 spiro atoms. The van der Waals surface area contributed by atoms with E-state index in [1.54, 1.807) is 28.0 Å². The van der Waals surface area contributed by atoms with Gasteiger partial charge in [0, 0.05) is 41.5 Å². The van der Waals surface area contributed by atoms with Gasteiger partial charge in [-0.25, -0.2) is 14.8 Å². The summed E-state index contributed by atoms with van der Waals surface area (Å²) in [6.45, 7) is 3.30. The number of carboxylic acids is 1. The van der Waals surface area contributed by atoms with Crippen molar-refractivity contribution in [3.63, 3.8) is 0 Å². The summed E-state index contributed by atoms with van der Waals surface area (Å²) in [6, 6.07) is 12.1. The first-order valence-electron chi connectivity index (χ1n) is 12.5. The van der Waals surface area contributed by atoms with Gasteiger partial charge in [-0.3, -0.25) is 9.59 Å². The lowest BCUT2D eigenvalue weighted by molar-refractivity contribution is -0.192. The second-order valence-electron chi connectivity index (χ2n) is 9.27. The van der Waals surface area contributed by atoms with Crippen LogP contribution in [-0.4, -0.2) is 68.0 Å². The topological polar surface area (TPSA) is 143 Å². The minimum absolute atomic E-state index is 0.0668. The number of halogens is 4. The third-order valence-electron chi connectivity index (χ3n) is 6.45. The summed E-state index contributed by atoms with van der Waals surface area (Å²) >= 11 is 6.04. The van der Waals surface area contributed by atoms with E-state index in [0.717, 1.165) is 28.3 Å². The summed E-state index contributed by atoms with van der Waals surface area (Å²) in [4.78, 5) is 47.4. The Morgan fingerprint density at radius 3 is 2.56 bits per heavy atom. The minimum Gasteiger partial charge on any atom is -0.475 e. The molecular weight excluding hydrogens is 567 g/mol. The molecule has 10 nitrogen and oxygen atoms in total. The number of aliphatic carboxylic acids is 1. The van der Waals surface area contributed by atoms with E-state index >= 15 is 0 Å². The highest BCUT2D eigenvalue weighted by Crippen LogP contribution is 2.27. The standard InChI is InChI=1S/C25H24ClN5O3.C2HF3O2/c1-2-3-20-24(32)30(13-15-4-7-18-19(10-15)28-14-29-23(18)27)8-9-31(20)25(33)22-11-16-5-6-17(26)12-21(16)34-22;3-2(4,5)1(6)7/h4-7,10-12,14,20H,2-3,8-9,13H2,1H3,(H2,27,28,29);(H,6,7)/t20-;/m0./s1. The van der Waals surface area contributed by atoms with Crippen molar-refractivity contribution in [2.24, 2.45) is 0 Å². The van der Waals surface area contributed by atoms with Gasteiger partial charge in [0.05, 0.1) is 5.52 Å². The van der Waals surface area contributed by atoms with Crippen LogP contribution >= 0.6 is 11.6 Å². The molecule has 3 heterocycles. The van der Waals surface area contributed by atoms with E-state index in [1.807, 2.05) is 31.2 Å². The number of furan rings is 1. The molecule has 1 aliphatic rings. The number of rotatable bonds is 5. The molecule has 41 heavy (non-hydrogen) atoms. The molecule has 1 saturated heterocycles. The molecule has 1 atom stereocenters. The molecule has 2 amide bonds. The van der Waals surface area contributed by atoms with Crippen LogP contribution in [0.25, 0.3) is 21.9 Å². The number of nitrogens with zero attached hydrogens (tertiary/aromatic N) is 4. The van der Waals surface area contributed by atoms with Gasteiger partial charge in [0.25, 0.3) is 5.91 Å². The van der Waals surface area contributed by atoms with Crippen LogP contribution in [0.3, 0.4) is 0 Å². The first kappa shape index (κ1) is 29.6. The Morgan fingerprint density at radius 1 is 1.15 bits per heavy atom. The number of amides is 2. The summed E-state index contributed by atoms with van der Waals surface area (Å²) in [5.74, 6) is -2.46. The highest BCUT2D eigenvalue weighted by molar-refractivity contribution is 6.31. The highest BCUT2D eigenvalue weighted by Gasteiger charge is 2.39. The smallest absolute Gasteiger partial charge is 0.475 e. The van der Waals surface area contributed by atoms with Crippen LogP contribution in [0.2, 0.25) is 5.02 Å². The van der Waals surface area contributed by atoms with Crippen molar-refractivity contribution in [2.45, 2.75) is 38.5 Å². The average molecular weight is 592 g/mol. The minimum atomic E-state index is -5.08. The molecule has 0 aliphatic carbocycles. The lowest BCUT2D eigenvalue weighted by Crippen LogP contribution is -2.58. The number of carbonyl (C=O) groups excluding carboxylic acids is 2. The molecule has 4 aromatic rings. The average Bonchev–Trinajstić information content (AvgIpc) is 3.34. The molecule has 2 aromatic heterocycles. The second kappa shape index (κ2) is 12.0. The van der Waals surface area contributed by atoms with Gasteiger partial charge in [0.1, 0.15) is 23.8 Å². The van der Waals surface area contributed by atoms with E-state index in [0.29, 0.717) is 42.5 Å². The number of hydrogen-bond acceptors (Lipinski definition) is 7. The number of piperazine rings is 1. The molecule has 0 saturated carbocycles. The Balaban J connectivity index is 0.000000493. The molecular formula is C27H25ClF3N5O5. The maximum Gasteiger partial charge on any atom is 0.490 e. The number of anilines is 1. The molecule has 1 fully saturated rings. The Hall–Kier alpha value is -4.39. The molecule has 3 N–H and O–H groups in total. The van der Waals surface area contributed by atoms with Crippen LogP contribution in [0.15, 0.2) is 53.2 Å². The van der Waals surface area contributed by atoms with Crippen LogP contribution in [0.4, 0.5) is 19.0 Å². The number of benzene rings is 2. The zero-order valence-corrected chi connectivity index (χ0v) is 22.4. The fourth-order valence-corrected chi connectivity index (χ4v) is 4.65. The van der Waals surface area contributed by atoms with Crippen LogP contribution in [0.5, 0.6) is 0 Å². The second-order valence-corrected chi connectivity index (χ2v) is 9.71. The summed E-state index contributed by atoms with van der Waals surface area (Å²) in [5.41, 5.74) is 8.15. The van der Waals surface area contributed by atoms with Crippen molar-refractivity contribution in [1.82, 2.24) is 19.8 Å². The number of hydrogen-bond donors (Lipinski definition) is 2. The van der Waals surface area contributed by atoms with Crippen LogP contribution in [0, 0.1) is 0 Å². The fourth-order valence-electron chi connectivity index (χ4n) is 4.49. The van der Waals surface area contributed by atoms with E-state index in [-0.39, 0.29) is 17.6 Å². The number of alkyl halides is 3. The highest BCUT2D eigenvalue weighted by atomic mass is 35.5. The predicted molar refractivity (Wildman–Crippen MR) is 144 cm³/mol. The Morgan fingerprint density at radius 2 is 1.88 bits per heavy atom. The quantitative estimate of drug-likeness (QED) is 0.334. The molecule has 216 valence electrons. The van der Waals surface area contributed by atoms with Gasteiger partial charge in [0.15, 0.2) is 5.76 Å².